The topological polar surface area (TPSA) is 32.9 Å². The molecule has 1 N–H and O–H groups in total. The van der Waals surface area contributed by atoms with Crippen molar-refractivity contribution < 1.29 is 0 Å². The van der Waals surface area contributed by atoms with Crippen molar-refractivity contribution in [1.82, 2.24) is 4.98 Å². The lowest BCUT2D eigenvalue weighted by Gasteiger charge is -1.93. The van der Waals surface area contributed by atoms with Crippen LogP contribution in [0.4, 0.5) is 0 Å². The summed E-state index contributed by atoms with van der Waals surface area (Å²) in [6.07, 6.45) is 5.32. The molecule has 2 heteroatoms. The fourth-order valence-electron chi connectivity index (χ4n) is 0.915. The summed E-state index contributed by atoms with van der Waals surface area (Å²) in [5.41, 5.74) is 1.02. The molecule has 1 heterocycles. The highest BCUT2D eigenvalue weighted by Crippen LogP contribution is 1.92. The van der Waals surface area contributed by atoms with Gasteiger partial charge >= 0.3 is 0 Å². The molecule has 0 radical (unpaired) electrons. The van der Waals surface area contributed by atoms with Crippen LogP contribution >= 0.6 is 0 Å². The Kier molecular flexibility index (Phi) is 2.26. The van der Waals surface area contributed by atoms with Crippen molar-refractivity contribution in [3.63, 3.8) is 0 Å². The van der Waals surface area contributed by atoms with E-state index in [1.54, 1.807) is 18.5 Å². The van der Waals surface area contributed by atoms with E-state index in [1.165, 1.54) is 0 Å². The van der Waals surface area contributed by atoms with Crippen LogP contribution in [0, 0.1) is 0 Å². The predicted molar refractivity (Wildman–Crippen MR) is 41.1 cm³/mol. The van der Waals surface area contributed by atoms with E-state index in [0.29, 0.717) is 0 Å². The Bertz CT molecular complexity index is 251. The molecule has 0 aliphatic rings. The predicted octanol–water partition coefficient (Wildman–Crippen LogP) is 1.33. The second-order valence-corrected chi connectivity index (χ2v) is 2.28. The molecule has 0 unspecified atom stereocenters. The van der Waals surface area contributed by atoms with Gasteiger partial charge in [-0.05, 0) is 6.42 Å². The van der Waals surface area contributed by atoms with E-state index in [1.807, 2.05) is 0 Å². The van der Waals surface area contributed by atoms with Crippen LogP contribution in [-0.4, -0.2) is 4.98 Å². The van der Waals surface area contributed by atoms with E-state index < -0.39 is 0 Å². The van der Waals surface area contributed by atoms with Gasteiger partial charge in [-0.1, -0.05) is 13.3 Å². The Morgan fingerprint density at radius 1 is 1.60 bits per heavy atom. The van der Waals surface area contributed by atoms with E-state index in [4.69, 9.17) is 0 Å². The molecule has 0 atom stereocenters. The first-order valence-electron chi connectivity index (χ1n) is 3.50. The first-order valence-corrected chi connectivity index (χ1v) is 3.50. The van der Waals surface area contributed by atoms with Crippen LogP contribution in [0.2, 0.25) is 0 Å². The highest BCUT2D eigenvalue weighted by Gasteiger charge is 1.93. The Hall–Kier alpha value is -1.05. The lowest BCUT2D eigenvalue weighted by Crippen LogP contribution is -2.06. The zero-order valence-electron chi connectivity index (χ0n) is 6.05. The molecule has 0 bridgehead atoms. The molecule has 1 aromatic rings. The third-order valence-electron chi connectivity index (χ3n) is 1.42. The van der Waals surface area contributed by atoms with Crippen molar-refractivity contribution in [1.29, 1.82) is 0 Å². The van der Waals surface area contributed by atoms with Crippen molar-refractivity contribution in [3.8, 4) is 0 Å². The minimum atomic E-state index is 0.139. The van der Waals surface area contributed by atoms with Crippen molar-refractivity contribution in [2.45, 2.75) is 19.8 Å². The van der Waals surface area contributed by atoms with E-state index in [2.05, 4.69) is 11.9 Å². The van der Waals surface area contributed by atoms with Gasteiger partial charge in [0, 0.05) is 24.0 Å². The highest BCUT2D eigenvalue weighted by atomic mass is 16.1. The van der Waals surface area contributed by atoms with Gasteiger partial charge < -0.3 is 4.98 Å². The molecule has 54 valence electrons. The van der Waals surface area contributed by atoms with Crippen LogP contribution < -0.4 is 5.43 Å². The Labute approximate surface area is 59.9 Å². The second kappa shape index (κ2) is 3.20. The number of H-pyrrole nitrogens is 1. The Morgan fingerprint density at radius 2 is 2.40 bits per heavy atom. The maximum atomic E-state index is 11.0. The molecule has 2 nitrogen and oxygen atoms in total. The summed E-state index contributed by atoms with van der Waals surface area (Å²) in [7, 11) is 0. The highest BCUT2D eigenvalue weighted by molar-refractivity contribution is 5.08. The van der Waals surface area contributed by atoms with Crippen molar-refractivity contribution >= 4 is 0 Å². The number of aromatic nitrogens is 1. The summed E-state index contributed by atoms with van der Waals surface area (Å²) in [6, 6.07) is 1.56. The van der Waals surface area contributed by atoms with Gasteiger partial charge in [0.1, 0.15) is 0 Å². The molecule has 0 spiro atoms. The van der Waals surface area contributed by atoms with Gasteiger partial charge in [0.25, 0.3) is 0 Å². The summed E-state index contributed by atoms with van der Waals surface area (Å²) < 4.78 is 0. The van der Waals surface area contributed by atoms with Crippen LogP contribution in [0.3, 0.4) is 0 Å². The molecule has 0 aromatic carbocycles. The molecule has 0 aliphatic heterocycles. The van der Waals surface area contributed by atoms with Crippen molar-refractivity contribution in [2.75, 3.05) is 0 Å². The van der Waals surface area contributed by atoms with Gasteiger partial charge in [0.05, 0.1) is 0 Å². The van der Waals surface area contributed by atoms with Gasteiger partial charge in [0.2, 0.25) is 0 Å². The molecule has 1 rings (SSSR count). The minimum Gasteiger partial charge on any atom is -0.367 e. The quantitative estimate of drug-likeness (QED) is 0.655. The van der Waals surface area contributed by atoms with Gasteiger partial charge in [-0.2, -0.15) is 0 Å². The average Bonchev–Trinajstić information content (AvgIpc) is 1.94. The molecule has 1 aromatic heterocycles. The largest absolute Gasteiger partial charge is 0.367 e. The third kappa shape index (κ3) is 1.47. The first kappa shape index (κ1) is 7.06. The number of pyridine rings is 1. The minimum absolute atomic E-state index is 0.139. The van der Waals surface area contributed by atoms with Gasteiger partial charge in [0.15, 0.2) is 5.43 Å². The van der Waals surface area contributed by atoms with E-state index in [-0.39, 0.29) is 5.43 Å². The van der Waals surface area contributed by atoms with Crippen LogP contribution in [0.5, 0.6) is 0 Å². The second-order valence-electron chi connectivity index (χ2n) is 2.28. The molecular formula is C8H11NO. The zero-order valence-corrected chi connectivity index (χ0v) is 6.05. The lowest BCUT2D eigenvalue weighted by molar-refractivity contribution is 0.905. The standard InChI is InChI=1S/C8H11NO/c1-2-3-7-6-9-5-4-8(7)10/h4-6H,2-3H2,1H3,(H,9,10). The van der Waals surface area contributed by atoms with Gasteiger partial charge in [-0.3, -0.25) is 4.79 Å². The number of nitrogens with one attached hydrogen (secondary N) is 1. The van der Waals surface area contributed by atoms with Crippen LogP contribution in [-0.2, 0) is 6.42 Å². The number of hydrogen-bond acceptors (Lipinski definition) is 1. The molecule has 0 fully saturated rings. The molecule has 0 amide bonds. The van der Waals surface area contributed by atoms with Crippen LogP contribution in [0.25, 0.3) is 0 Å². The number of rotatable bonds is 2. The average molecular weight is 137 g/mol. The monoisotopic (exact) mass is 137 g/mol. The number of hydrogen-bond donors (Lipinski definition) is 1. The number of aryl methyl sites for hydroxylation is 1. The number of aromatic amines is 1. The zero-order chi connectivity index (χ0) is 7.40. The SMILES string of the molecule is CCCc1c[nH]ccc1=O. The van der Waals surface area contributed by atoms with Gasteiger partial charge in [-0.25, -0.2) is 0 Å². The first-order chi connectivity index (χ1) is 4.84. The van der Waals surface area contributed by atoms with Crippen LogP contribution in [0.15, 0.2) is 23.3 Å². The summed E-state index contributed by atoms with van der Waals surface area (Å²) >= 11 is 0. The molecule has 10 heavy (non-hydrogen) atoms. The fraction of sp³-hybridized carbons (Fsp3) is 0.375. The lowest BCUT2D eigenvalue weighted by atomic mass is 10.2. The van der Waals surface area contributed by atoms with Crippen LogP contribution in [0.1, 0.15) is 18.9 Å². The fourth-order valence-corrected chi connectivity index (χ4v) is 0.915. The third-order valence-corrected chi connectivity index (χ3v) is 1.42. The summed E-state index contributed by atoms with van der Waals surface area (Å²) in [4.78, 5) is 13.9. The van der Waals surface area contributed by atoms with Gasteiger partial charge in [-0.15, -0.1) is 0 Å². The molecule has 0 saturated carbocycles. The van der Waals surface area contributed by atoms with Crippen molar-refractivity contribution in [3.05, 3.63) is 34.2 Å². The van der Waals surface area contributed by atoms with E-state index in [0.717, 1.165) is 18.4 Å². The Morgan fingerprint density at radius 3 is 3.00 bits per heavy atom. The van der Waals surface area contributed by atoms with Crippen molar-refractivity contribution in [2.24, 2.45) is 0 Å². The van der Waals surface area contributed by atoms with E-state index >= 15 is 0 Å². The summed E-state index contributed by atoms with van der Waals surface area (Å²) in [6.45, 7) is 2.06. The van der Waals surface area contributed by atoms with E-state index in [9.17, 15) is 4.79 Å². The maximum Gasteiger partial charge on any atom is 0.184 e. The molecule has 0 aliphatic carbocycles. The molecular weight excluding hydrogens is 126 g/mol. The normalized spacial score (nSPS) is 9.70. The molecule has 0 saturated heterocycles. The summed E-state index contributed by atoms with van der Waals surface area (Å²) in [5, 5.41) is 0. The summed E-state index contributed by atoms with van der Waals surface area (Å²) in [5.74, 6) is 0. The smallest absolute Gasteiger partial charge is 0.184 e. The Balaban J connectivity index is 2.92. The maximum absolute atomic E-state index is 11.0.